The van der Waals surface area contributed by atoms with Gasteiger partial charge in [0, 0.05) is 19.6 Å². The Balaban J connectivity index is 1.71. The molecule has 1 unspecified atom stereocenters. The summed E-state index contributed by atoms with van der Waals surface area (Å²) in [6, 6.07) is 3.61. The van der Waals surface area contributed by atoms with Gasteiger partial charge in [-0.3, -0.25) is 14.5 Å². The van der Waals surface area contributed by atoms with Crippen LogP contribution in [0.1, 0.15) is 58.0 Å². The average Bonchev–Trinajstić information content (AvgIpc) is 3.03. The van der Waals surface area contributed by atoms with Crippen LogP contribution >= 0.6 is 0 Å². The number of amides is 2. The summed E-state index contributed by atoms with van der Waals surface area (Å²) in [5, 5.41) is 3.05. The largest absolute Gasteiger partial charge is 0.465 e. The maximum Gasteiger partial charge on any atom is 0.246 e. The maximum absolute atomic E-state index is 13.1. The van der Waals surface area contributed by atoms with Crippen molar-refractivity contribution in [3.63, 3.8) is 0 Å². The number of nitrogens with zero attached hydrogens (tertiary/aromatic N) is 2. The molecule has 0 aromatic carbocycles. The molecular weight excluding hydrogens is 342 g/mol. The third-order valence-electron chi connectivity index (χ3n) is 5.82. The molecule has 2 fully saturated rings. The van der Waals surface area contributed by atoms with E-state index in [1.165, 1.54) is 0 Å². The molecule has 3 rings (SSSR count). The van der Waals surface area contributed by atoms with Crippen LogP contribution in [0.15, 0.2) is 16.5 Å². The Morgan fingerprint density at radius 3 is 2.52 bits per heavy atom. The number of likely N-dealkylation sites (tertiary alicyclic amines) is 1. The third kappa shape index (κ3) is 4.05. The SMILES string of the molecule is CCCN1C(=O)C(CC(C)C)NC(=O)C12CCN(Cc1ccc(C)o1)CC2. The number of carbonyl (C=O) groups excluding carboxylic acids is 2. The standard InChI is InChI=1S/C21H33N3O3/c1-5-10-24-19(25)18(13-15(2)3)22-20(26)21(24)8-11-23(12-9-21)14-17-7-6-16(4)27-17/h6-7,15,18H,5,8-14H2,1-4H3,(H,22,26). The summed E-state index contributed by atoms with van der Waals surface area (Å²) in [6.45, 7) is 11.2. The summed E-state index contributed by atoms with van der Waals surface area (Å²) in [6.07, 6.45) is 2.92. The van der Waals surface area contributed by atoms with Crippen LogP contribution in [-0.2, 0) is 16.1 Å². The number of aryl methyl sites for hydroxylation is 1. The van der Waals surface area contributed by atoms with E-state index in [-0.39, 0.29) is 17.9 Å². The highest BCUT2D eigenvalue weighted by Gasteiger charge is 2.53. The molecule has 2 aliphatic rings. The van der Waals surface area contributed by atoms with Gasteiger partial charge in [0.15, 0.2) is 0 Å². The molecule has 1 aromatic heterocycles. The van der Waals surface area contributed by atoms with Crippen molar-refractivity contribution in [1.82, 2.24) is 15.1 Å². The Morgan fingerprint density at radius 2 is 1.96 bits per heavy atom. The molecule has 1 spiro atoms. The molecule has 6 nitrogen and oxygen atoms in total. The Labute approximate surface area is 162 Å². The van der Waals surface area contributed by atoms with Crippen LogP contribution in [-0.4, -0.2) is 52.8 Å². The Morgan fingerprint density at radius 1 is 1.26 bits per heavy atom. The average molecular weight is 376 g/mol. The molecule has 2 aliphatic heterocycles. The molecule has 0 bridgehead atoms. The maximum atomic E-state index is 13.1. The van der Waals surface area contributed by atoms with Crippen molar-refractivity contribution >= 4 is 11.8 Å². The van der Waals surface area contributed by atoms with Gasteiger partial charge in [0.05, 0.1) is 6.54 Å². The lowest BCUT2D eigenvalue weighted by molar-refractivity contribution is -0.161. The highest BCUT2D eigenvalue weighted by atomic mass is 16.3. The van der Waals surface area contributed by atoms with Crippen molar-refractivity contribution in [1.29, 1.82) is 0 Å². The molecular formula is C21H33N3O3. The van der Waals surface area contributed by atoms with Crippen molar-refractivity contribution in [2.45, 2.75) is 71.5 Å². The molecule has 27 heavy (non-hydrogen) atoms. The van der Waals surface area contributed by atoms with Crippen molar-refractivity contribution < 1.29 is 14.0 Å². The van der Waals surface area contributed by atoms with Gasteiger partial charge in [-0.1, -0.05) is 20.8 Å². The van der Waals surface area contributed by atoms with E-state index in [9.17, 15) is 9.59 Å². The summed E-state index contributed by atoms with van der Waals surface area (Å²) in [4.78, 5) is 30.5. The first-order valence-electron chi connectivity index (χ1n) is 10.3. The third-order valence-corrected chi connectivity index (χ3v) is 5.82. The number of nitrogens with one attached hydrogen (secondary N) is 1. The van der Waals surface area contributed by atoms with Crippen LogP contribution in [0, 0.1) is 12.8 Å². The quantitative estimate of drug-likeness (QED) is 0.830. The lowest BCUT2D eigenvalue weighted by Gasteiger charge is -2.51. The fourth-order valence-electron chi connectivity index (χ4n) is 4.42. The van der Waals surface area contributed by atoms with Gasteiger partial charge in [-0.2, -0.15) is 0 Å². The normalized spacial score (nSPS) is 23.3. The molecule has 0 aliphatic carbocycles. The summed E-state index contributed by atoms with van der Waals surface area (Å²) in [5.74, 6) is 2.38. The highest BCUT2D eigenvalue weighted by molar-refractivity contribution is 6.00. The van der Waals surface area contributed by atoms with Gasteiger partial charge in [-0.05, 0) is 50.7 Å². The van der Waals surface area contributed by atoms with Crippen molar-refractivity contribution in [3.05, 3.63) is 23.7 Å². The van der Waals surface area contributed by atoms with E-state index in [2.05, 4.69) is 31.0 Å². The number of piperazine rings is 1. The minimum Gasteiger partial charge on any atom is -0.465 e. The Kier molecular flexibility index (Phi) is 5.94. The summed E-state index contributed by atoms with van der Waals surface area (Å²) in [7, 11) is 0. The van der Waals surface area contributed by atoms with Gasteiger partial charge in [0.1, 0.15) is 23.1 Å². The van der Waals surface area contributed by atoms with Crippen molar-refractivity contribution in [2.24, 2.45) is 5.92 Å². The van der Waals surface area contributed by atoms with E-state index in [0.717, 1.165) is 37.6 Å². The van der Waals surface area contributed by atoms with E-state index < -0.39 is 5.54 Å². The Bertz CT molecular complexity index is 674. The van der Waals surface area contributed by atoms with Crippen LogP contribution in [0.2, 0.25) is 0 Å². The number of rotatable bonds is 6. The van der Waals surface area contributed by atoms with E-state index in [1.807, 2.05) is 24.0 Å². The summed E-state index contributed by atoms with van der Waals surface area (Å²) < 4.78 is 5.69. The number of piperidine rings is 1. The second-order valence-corrected chi connectivity index (χ2v) is 8.47. The second-order valence-electron chi connectivity index (χ2n) is 8.47. The lowest BCUT2D eigenvalue weighted by atomic mass is 9.81. The van der Waals surface area contributed by atoms with E-state index in [4.69, 9.17) is 4.42 Å². The predicted molar refractivity (Wildman–Crippen MR) is 104 cm³/mol. The molecule has 1 N–H and O–H groups in total. The first-order valence-corrected chi connectivity index (χ1v) is 10.3. The lowest BCUT2D eigenvalue weighted by Crippen LogP contribution is -2.73. The monoisotopic (exact) mass is 375 g/mol. The fourth-order valence-corrected chi connectivity index (χ4v) is 4.42. The first kappa shape index (κ1) is 19.9. The molecule has 150 valence electrons. The van der Waals surface area contributed by atoms with Crippen LogP contribution in [0.25, 0.3) is 0 Å². The summed E-state index contributed by atoms with van der Waals surface area (Å²) >= 11 is 0. The Hall–Kier alpha value is -1.82. The highest BCUT2D eigenvalue weighted by Crippen LogP contribution is 2.34. The van der Waals surface area contributed by atoms with Crippen molar-refractivity contribution in [3.8, 4) is 0 Å². The molecule has 2 amide bonds. The van der Waals surface area contributed by atoms with Crippen LogP contribution in [0.5, 0.6) is 0 Å². The minimum atomic E-state index is -0.684. The van der Waals surface area contributed by atoms with Gasteiger partial charge in [0.25, 0.3) is 0 Å². The second kappa shape index (κ2) is 8.05. The molecule has 2 saturated heterocycles. The van der Waals surface area contributed by atoms with Gasteiger partial charge >= 0.3 is 0 Å². The number of furan rings is 1. The number of hydrogen-bond donors (Lipinski definition) is 1. The minimum absolute atomic E-state index is 0.0368. The van der Waals surface area contributed by atoms with Gasteiger partial charge in [-0.15, -0.1) is 0 Å². The molecule has 6 heteroatoms. The van der Waals surface area contributed by atoms with Gasteiger partial charge < -0.3 is 14.6 Å². The zero-order valence-corrected chi connectivity index (χ0v) is 17.1. The molecule has 0 radical (unpaired) electrons. The van der Waals surface area contributed by atoms with Crippen LogP contribution < -0.4 is 5.32 Å². The molecule has 1 aromatic rings. The smallest absolute Gasteiger partial charge is 0.246 e. The number of hydrogen-bond acceptors (Lipinski definition) is 4. The first-order chi connectivity index (χ1) is 12.9. The van der Waals surface area contributed by atoms with Gasteiger partial charge in [0.2, 0.25) is 11.8 Å². The van der Waals surface area contributed by atoms with E-state index in [1.54, 1.807) is 0 Å². The van der Waals surface area contributed by atoms with Crippen molar-refractivity contribution in [2.75, 3.05) is 19.6 Å². The molecule has 0 saturated carbocycles. The topological polar surface area (TPSA) is 65.8 Å². The van der Waals surface area contributed by atoms with Crippen LogP contribution in [0.3, 0.4) is 0 Å². The zero-order valence-electron chi connectivity index (χ0n) is 17.1. The van der Waals surface area contributed by atoms with Gasteiger partial charge in [-0.25, -0.2) is 0 Å². The van der Waals surface area contributed by atoms with Crippen LogP contribution in [0.4, 0.5) is 0 Å². The van der Waals surface area contributed by atoms with E-state index >= 15 is 0 Å². The number of carbonyl (C=O) groups is 2. The molecule has 3 heterocycles. The van der Waals surface area contributed by atoms with E-state index in [0.29, 0.717) is 31.7 Å². The zero-order chi connectivity index (χ0) is 19.6. The summed E-state index contributed by atoms with van der Waals surface area (Å²) in [5.41, 5.74) is -0.684. The predicted octanol–water partition coefficient (Wildman–Crippen LogP) is 2.71. The molecule has 1 atom stereocenters. The fraction of sp³-hybridized carbons (Fsp3) is 0.714.